The van der Waals surface area contributed by atoms with Crippen LogP contribution in [0.1, 0.15) is 16.8 Å². The summed E-state index contributed by atoms with van der Waals surface area (Å²) in [6.07, 6.45) is 3.06. The molecular weight excluding hydrogens is 350 g/mol. The van der Waals surface area contributed by atoms with Crippen molar-refractivity contribution in [1.29, 1.82) is 0 Å². The number of nitrogens with one attached hydrogen (secondary N) is 2. The first-order valence-corrected chi connectivity index (χ1v) is 8.52. The summed E-state index contributed by atoms with van der Waals surface area (Å²) in [6.45, 7) is 0.841. The van der Waals surface area contributed by atoms with E-state index < -0.39 is 0 Å². The van der Waals surface area contributed by atoms with E-state index in [2.05, 4.69) is 74.6 Å². The normalized spacial score (nSPS) is 14.2. The molecule has 23 heavy (non-hydrogen) atoms. The van der Waals surface area contributed by atoms with Crippen molar-refractivity contribution in [3.63, 3.8) is 0 Å². The second-order valence-corrected chi connectivity index (χ2v) is 6.81. The number of aromatic amines is 2. The van der Waals surface area contributed by atoms with E-state index in [1.54, 1.807) is 0 Å². The Morgan fingerprint density at radius 3 is 2.87 bits per heavy atom. The third kappa shape index (κ3) is 1.91. The molecule has 0 saturated carbocycles. The summed E-state index contributed by atoms with van der Waals surface area (Å²) in [7, 11) is 0. The van der Waals surface area contributed by atoms with E-state index in [1.807, 2.05) is 0 Å². The van der Waals surface area contributed by atoms with Gasteiger partial charge in [0.2, 0.25) is 0 Å². The van der Waals surface area contributed by atoms with Crippen LogP contribution in [-0.4, -0.2) is 22.2 Å². The fourth-order valence-corrected chi connectivity index (χ4v) is 3.90. The lowest BCUT2D eigenvalue weighted by Crippen LogP contribution is -2.13. The zero-order chi connectivity index (χ0) is 15.4. The van der Waals surface area contributed by atoms with Gasteiger partial charge in [-0.15, -0.1) is 0 Å². The molecule has 0 fully saturated rings. The van der Waals surface area contributed by atoms with Crippen LogP contribution in [0.2, 0.25) is 0 Å². The molecule has 0 bridgehead atoms. The van der Waals surface area contributed by atoms with Crippen LogP contribution < -0.4 is 0 Å². The summed E-state index contributed by atoms with van der Waals surface area (Å²) in [6, 6.07) is 14.8. The molecule has 2 aromatic carbocycles. The Kier molecular flexibility index (Phi) is 2.76. The number of hydrogen-bond donors (Lipinski definition) is 2. The van der Waals surface area contributed by atoms with E-state index in [-0.39, 0.29) is 0 Å². The molecule has 0 unspecified atom stereocenters. The maximum absolute atomic E-state index is 4.83. The highest BCUT2D eigenvalue weighted by Gasteiger charge is 2.22. The third-order valence-corrected chi connectivity index (χ3v) is 5.07. The second-order valence-electron chi connectivity index (χ2n) is 5.90. The highest BCUT2D eigenvalue weighted by atomic mass is 79.9. The highest BCUT2D eigenvalue weighted by Crippen LogP contribution is 2.31. The number of rotatable bonds is 1. The standard InChI is InChI=1S/C19H14BrN3/c20-11-5-6-13-15(10-22-17(13)9-11)18-19-14(7-8-21-18)12-3-1-2-4-16(12)23-19/h1-6,9-10,22-23H,7-8H2. The largest absolute Gasteiger partial charge is 0.360 e. The number of halogens is 1. The minimum Gasteiger partial charge on any atom is -0.360 e. The monoisotopic (exact) mass is 363 g/mol. The molecule has 2 aromatic heterocycles. The molecule has 3 heterocycles. The molecular formula is C19H14BrN3. The lowest BCUT2D eigenvalue weighted by molar-refractivity contribution is 0.948. The Balaban J connectivity index is 1.76. The van der Waals surface area contributed by atoms with Gasteiger partial charge in [0.15, 0.2) is 0 Å². The molecule has 0 saturated heterocycles. The van der Waals surface area contributed by atoms with Crippen molar-refractivity contribution < 1.29 is 0 Å². The van der Waals surface area contributed by atoms with Gasteiger partial charge in [-0.3, -0.25) is 4.99 Å². The van der Waals surface area contributed by atoms with Crippen LogP contribution in [0.15, 0.2) is 58.1 Å². The van der Waals surface area contributed by atoms with Crippen molar-refractivity contribution in [2.24, 2.45) is 4.99 Å². The number of para-hydroxylation sites is 1. The van der Waals surface area contributed by atoms with Gasteiger partial charge in [0.25, 0.3) is 0 Å². The minimum absolute atomic E-state index is 0.841. The number of benzene rings is 2. The maximum Gasteiger partial charge on any atom is 0.0906 e. The Morgan fingerprint density at radius 1 is 1.00 bits per heavy atom. The van der Waals surface area contributed by atoms with Crippen LogP contribution in [-0.2, 0) is 6.42 Å². The number of H-pyrrole nitrogens is 2. The van der Waals surface area contributed by atoms with E-state index in [9.17, 15) is 0 Å². The van der Waals surface area contributed by atoms with Gasteiger partial charge in [-0.1, -0.05) is 40.2 Å². The molecule has 5 rings (SSSR count). The minimum atomic E-state index is 0.841. The molecule has 2 N–H and O–H groups in total. The van der Waals surface area contributed by atoms with Crippen LogP contribution in [0.4, 0.5) is 0 Å². The Bertz CT molecular complexity index is 1080. The third-order valence-electron chi connectivity index (χ3n) is 4.58. The lowest BCUT2D eigenvalue weighted by atomic mass is 9.98. The number of hydrogen-bond acceptors (Lipinski definition) is 1. The lowest BCUT2D eigenvalue weighted by Gasteiger charge is -2.13. The fraction of sp³-hybridized carbons (Fsp3) is 0.105. The molecule has 1 aliphatic rings. The topological polar surface area (TPSA) is 43.9 Å². The van der Waals surface area contributed by atoms with Crippen LogP contribution >= 0.6 is 15.9 Å². The molecule has 112 valence electrons. The first kappa shape index (κ1) is 13.1. The summed E-state index contributed by atoms with van der Waals surface area (Å²) < 4.78 is 1.08. The molecule has 0 aliphatic carbocycles. The summed E-state index contributed by atoms with van der Waals surface area (Å²) in [5.74, 6) is 0. The van der Waals surface area contributed by atoms with Crippen molar-refractivity contribution >= 4 is 43.4 Å². The summed E-state index contributed by atoms with van der Waals surface area (Å²) in [5.41, 5.74) is 7.10. The van der Waals surface area contributed by atoms with Crippen LogP contribution in [0.25, 0.3) is 21.8 Å². The number of aromatic nitrogens is 2. The molecule has 0 amide bonds. The van der Waals surface area contributed by atoms with Gasteiger partial charge in [-0.2, -0.15) is 0 Å². The van der Waals surface area contributed by atoms with E-state index in [0.29, 0.717) is 0 Å². The SMILES string of the molecule is Brc1ccc2c(C3=NCCc4c3[nH]c3ccccc43)c[nH]c2c1. The average Bonchev–Trinajstić information content (AvgIpc) is 3.15. The highest BCUT2D eigenvalue weighted by molar-refractivity contribution is 9.10. The van der Waals surface area contributed by atoms with Crippen molar-refractivity contribution in [2.75, 3.05) is 6.54 Å². The van der Waals surface area contributed by atoms with Gasteiger partial charge in [0.05, 0.1) is 11.4 Å². The van der Waals surface area contributed by atoms with E-state index >= 15 is 0 Å². The number of fused-ring (bicyclic) bond motifs is 4. The summed E-state index contributed by atoms with van der Waals surface area (Å²) in [5, 5.41) is 2.52. The number of nitrogens with zero attached hydrogens (tertiary/aromatic N) is 1. The predicted molar refractivity (Wildman–Crippen MR) is 98.5 cm³/mol. The van der Waals surface area contributed by atoms with Crippen molar-refractivity contribution in [2.45, 2.75) is 6.42 Å². The van der Waals surface area contributed by atoms with Gasteiger partial charge >= 0.3 is 0 Å². The van der Waals surface area contributed by atoms with E-state index in [4.69, 9.17) is 4.99 Å². The van der Waals surface area contributed by atoms with Gasteiger partial charge in [-0.25, -0.2) is 0 Å². The van der Waals surface area contributed by atoms with Crippen LogP contribution in [0, 0.1) is 0 Å². The van der Waals surface area contributed by atoms with Gasteiger partial charge in [-0.05, 0) is 30.2 Å². The maximum atomic E-state index is 4.83. The smallest absolute Gasteiger partial charge is 0.0906 e. The Morgan fingerprint density at radius 2 is 1.91 bits per heavy atom. The van der Waals surface area contributed by atoms with Crippen molar-refractivity contribution in [3.8, 4) is 0 Å². The summed E-state index contributed by atoms with van der Waals surface area (Å²) in [4.78, 5) is 11.8. The van der Waals surface area contributed by atoms with Gasteiger partial charge in [0, 0.05) is 44.6 Å². The van der Waals surface area contributed by atoms with Gasteiger partial charge < -0.3 is 9.97 Å². The molecule has 1 aliphatic heterocycles. The molecule has 0 spiro atoms. The Hall–Kier alpha value is -2.33. The predicted octanol–water partition coefficient (Wildman–Crippen LogP) is 4.81. The van der Waals surface area contributed by atoms with Gasteiger partial charge in [0.1, 0.15) is 0 Å². The van der Waals surface area contributed by atoms with E-state index in [0.717, 1.165) is 28.7 Å². The quantitative estimate of drug-likeness (QED) is 0.487. The van der Waals surface area contributed by atoms with E-state index in [1.165, 1.54) is 33.1 Å². The molecule has 4 heteroatoms. The van der Waals surface area contributed by atoms with Crippen molar-refractivity contribution in [1.82, 2.24) is 9.97 Å². The summed E-state index contributed by atoms with van der Waals surface area (Å²) >= 11 is 3.53. The molecule has 3 nitrogen and oxygen atoms in total. The average molecular weight is 364 g/mol. The molecule has 4 aromatic rings. The molecule has 0 radical (unpaired) electrons. The second kappa shape index (κ2) is 4.83. The molecule has 0 atom stereocenters. The Labute approximate surface area is 141 Å². The fourth-order valence-electron chi connectivity index (χ4n) is 3.53. The van der Waals surface area contributed by atoms with Crippen LogP contribution in [0.5, 0.6) is 0 Å². The zero-order valence-electron chi connectivity index (χ0n) is 12.4. The first-order valence-electron chi connectivity index (χ1n) is 7.73. The number of aliphatic imine (C=N–C) groups is 1. The van der Waals surface area contributed by atoms with Crippen molar-refractivity contribution in [3.05, 3.63) is 70.0 Å². The zero-order valence-corrected chi connectivity index (χ0v) is 13.9. The van der Waals surface area contributed by atoms with Crippen LogP contribution in [0.3, 0.4) is 0 Å². The first-order chi connectivity index (χ1) is 11.3.